The number of aryl methyl sites for hydroxylation is 1. The van der Waals surface area contributed by atoms with Crippen LogP contribution in [0.3, 0.4) is 0 Å². The molecule has 0 aliphatic heterocycles. The smallest absolute Gasteiger partial charge is 0.422 e. The zero-order valence-corrected chi connectivity index (χ0v) is 14.7. The average Bonchev–Trinajstić information content (AvgIpc) is 2.99. The predicted octanol–water partition coefficient (Wildman–Crippen LogP) is 3.85. The van der Waals surface area contributed by atoms with Gasteiger partial charge in [-0.25, -0.2) is 9.78 Å². The van der Waals surface area contributed by atoms with Crippen molar-refractivity contribution in [1.82, 2.24) is 9.97 Å². The quantitative estimate of drug-likeness (QED) is 0.509. The summed E-state index contributed by atoms with van der Waals surface area (Å²) >= 11 is 0. The van der Waals surface area contributed by atoms with Gasteiger partial charge in [-0.05, 0) is 19.1 Å². The lowest BCUT2D eigenvalue weighted by atomic mass is 10.1. The van der Waals surface area contributed by atoms with Gasteiger partial charge in [0.15, 0.2) is 13.2 Å². The van der Waals surface area contributed by atoms with Crippen LogP contribution in [0.15, 0.2) is 42.6 Å². The molecule has 6 nitrogen and oxygen atoms in total. The third kappa shape index (κ3) is 4.48. The number of benzene rings is 1. The molecule has 0 spiro atoms. The van der Waals surface area contributed by atoms with Gasteiger partial charge in [-0.2, -0.15) is 13.2 Å². The highest BCUT2D eigenvalue weighted by Crippen LogP contribution is 2.22. The predicted molar refractivity (Wildman–Crippen MR) is 93.4 cm³/mol. The number of halogens is 3. The zero-order chi connectivity index (χ0) is 20.3. The monoisotopic (exact) mass is 392 g/mol. The number of rotatable bonds is 6. The Balaban J connectivity index is 1.62. The molecule has 2 aromatic heterocycles. The SMILES string of the molecule is Cc1[nH]c2ccccc2c1C(=O)COC(=O)c1ccc(OCC(F)(F)F)nc1. The number of para-hydroxylation sites is 1. The zero-order valence-electron chi connectivity index (χ0n) is 14.7. The summed E-state index contributed by atoms with van der Waals surface area (Å²) in [6.07, 6.45) is -3.46. The van der Waals surface area contributed by atoms with E-state index in [1.165, 1.54) is 6.07 Å². The Kier molecular flexibility index (Phi) is 5.34. The van der Waals surface area contributed by atoms with Crippen molar-refractivity contribution in [3.05, 3.63) is 59.4 Å². The fraction of sp³-hybridized carbons (Fsp3) is 0.211. The van der Waals surface area contributed by atoms with Crippen molar-refractivity contribution >= 4 is 22.7 Å². The number of carbonyl (C=O) groups is 2. The maximum absolute atomic E-state index is 12.5. The molecule has 0 fully saturated rings. The molecule has 0 unspecified atom stereocenters. The van der Waals surface area contributed by atoms with E-state index in [-0.39, 0.29) is 17.2 Å². The molecule has 146 valence electrons. The summed E-state index contributed by atoms with van der Waals surface area (Å²) in [5, 5.41) is 0.730. The third-order valence-electron chi connectivity index (χ3n) is 3.86. The van der Waals surface area contributed by atoms with E-state index in [1.54, 1.807) is 19.1 Å². The maximum Gasteiger partial charge on any atom is 0.422 e. The highest BCUT2D eigenvalue weighted by molar-refractivity contribution is 6.10. The highest BCUT2D eigenvalue weighted by atomic mass is 19.4. The number of H-pyrrole nitrogens is 1. The summed E-state index contributed by atoms with van der Waals surface area (Å²) in [7, 11) is 0. The first kappa shape index (κ1) is 19.4. The molecule has 9 heteroatoms. The van der Waals surface area contributed by atoms with Gasteiger partial charge in [0.2, 0.25) is 11.7 Å². The van der Waals surface area contributed by atoms with Crippen LogP contribution in [0, 0.1) is 6.92 Å². The van der Waals surface area contributed by atoms with Crippen molar-refractivity contribution in [2.45, 2.75) is 13.1 Å². The van der Waals surface area contributed by atoms with Gasteiger partial charge >= 0.3 is 12.1 Å². The largest absolute Gasteiger partial charge is 0.468 e. The number of esters is 1. The number of hydrogen-bond donors (Lipinski definition) is 1. The number of aromatic nitrogens is 2. The number of nitrogens with zero attached hydrogens (tertiary/aromatic N) is 1. The maximum atomic E-state index is 12.5. The van der Waals surface area contributed by atoms with Gasteiger partial charge in [0, 0.05) is 34.4 Å². The number of Topliss-reactive ketones (excluding diaryl/α,β-unsaturated/α-hetero) is 1. The Labute approximate surface area is 157 Å². The molecule has 0 aliphatic carbocycles. The Morgan fingerprint density at radius 1 is 1.14 bits per heavy atom. The minimum Gasteiger partial charge on any atom is -0.468 e. The van der Waals surface area contributed by atoms with Crippen LogP contribution < -0.4 is 4.74 Å². The number of ketones is 1. The number of carbonyl (C=O) groups excluding carboxylic acids is 2. The number of fused-ring (bicyclic) bond motifs is 1. The first-order valence-corrected chi connectivity index (χ1v) is 8.18. The Hall–Kier alpha value is -3.36. The number of hydrogen-bond acceptors (Lipinski definition) is 5. The van der Waals surface area contributed by atoms with E-state index in [0.29, 0.717) is 11.3 Å². The molecule has 0 aliphatic rings. The topological polar surface area (TPSA) is 81.3 Å². The first-order valence-electron chi connectivity index (χ1n) is 8.18. The lowest BCUT2D eigenvalue weighted by molar-refractivity contribution is -0.154. The molecule has 0 saturated carbocycles. The van der Waals surface area contributed by atoms with Crippen LogP contribution >= 0.6 is 0 Å². The summed E-state index contributed by atoms with van der Waals surface area (Å²) in [6.45, 7) is -0.214. The molecule has 0 atom stereocenters. The molecule has 1 N–H and O–H groups in total. The van der Waals surface area contributed by atoms with Crippen LogP contribution in [0.5, 0.6) is 5.88 Å². The van der Waals surface area contributed by atoms with Crippen molar-refractivity contribution in [3.8, 4) is 5.88 Å². The van der Waals surface area contributed by atoms with Crippen molar-refractivity contribution in [3.63, 3.8) is 0 Å². The van der Waals surface area contributed by atoms with Crippen molar-refractivity contribution in [1.29, 1.82) is 0 Å². The number of alkyl halides is 3. The van der Waals surface area contributed by atoms with Crippen LogP contribution in [0.4, 0.5) is 13.2 Å². The summed E-state index contributed by atoms with van der Waals surface area (Å²) in [6, 6.07) is 9.58. The van der Waals surface area contributed by atoms with Crippen LogP contribution in [-0.2, 0) is 4.74 Å². The van der Waals surface area contributed by atoms with Crippen LogP contribution in [0.2, 0.25) is 0 Å². The molecule has 2 heterocycles. The number of pyridine rings is 1. The van der Waals surface area contributed by atoms with E-state index >= 15 is 0 Å². The van der Waals surface area contributed by atoms with Gasteiger partial charge in [0.25, 0.3) is 0 Å². The summed E-state index contributed by atoms with van der Waals surface area (Å²) in [5.41, 5.74) is 1.89. The highest BCUT2D eigenvalue weighted by Gasteiger charge is 2.28. The van der Waals surface area contributed by atoms with E-state index in [9.17, 15) is 22.8 Å². The van der Waals surface area contributed by atoms with Crippen molar-refractivity contribution in [2.24, 2.45) is 0 Å². The van der Waals surface area contributed by atoms with Gasteiger partial charge in [-0.3, -0.25) is 4.79 Å². The third-order valence-corrected chi connectivity index (χ3v) is 3.86. The normalized spacial score (nSPS) is 11.4. The summed E-state index contributed by atoms with van der Waals surface area (Å²) in [5.74, 6) is -1.47. The number of nitrogens with one attached hydrogen (secondary N) is 1. The average molecular weight is 392 g/mol. The molecular formula is C19H15F3N2O4. The minimum absolute atomic E-state index is 0.0113. The molecule has 28 heavy (non-hydrogen) atoms. The van der Waals surface area contributed by atoms with E-state index in [4.69, 9.17) is 4.74 Å². The molecule has 0 amide bonds. The molecule has 3 aromatic rings. The molecule has 3 rings (SSSR count). The van der Waals surface area contributed by atoms with Crippen LogP contribution in [-0.4, -0.2) is 41.1 Å². The van der Waals surface area contributed by atoms with Gasteiger partial charge < -0.3 is 14.5 Å². The lowest BCUT2D eigenvalue weighted by Gasteiger charge is -2.08. The van der Waals surface area contributed by atoms with Gasteiger partial charge in [0.1, 0.15) is 0 Å². The lowest BCUT2D eigenvalue weighted by Crippen LogP contribution is -2.19. The van der Waals surface area contributed by atoms with E-state index < -0.39 is 25.4 Å². The van der Waals surface area contributed by atoms with Crippen LogP contribution in [0.25, 0.3) is 10.9 Å². The summed E-state index contributed by atoms with van der Waals surface area (Å²) in [4.78, 5) is 31.2. The van der Waals surface area contributed by atoms with Crippen LogP contribution in [0.1, 0.15) is 26.4 Å². The Morgan fingerprint density at radius 2 is 1.89 bits per heavy atom. The fourth-order valence-corrected chi connectivity index (χ4v) is 2.66. The van der Waals surface area contributed by atoms with Gasteiger partial charge in [-0.15, -0.1) is 0 Å². The first-order chi connectivity index (χ1) is 13.2. The molecule has 0 saturated heterocycles. The number of ether oxygens (including phenoxy) is 2. The Bertz CT molecular complexity index is 1010. The van der Waals surface area contributed by atoms with E-state index in [2.05, 4.69) is 14.7 Å². The molecule has 0 bridgehead atoms. The second-order valence-corrected chi connectivity index (χ2v) is 5.96. The standard InChI is InChI=1S/C19H15F3N2O4/c1-11-17(13-4-2-3-5-14(13)24-11)15(25)9-27-18(26)12-6-7-16(23-8-12)28-10-19(20,21)22/h2-8,24H,9-10H2,1H3. The fourth-order valence-electron chi connectivity index (χ4n) is 2.66. The number of aromatic amines is 1. The second kappa shape index (κ2) is 7.71. The second-order valence-electron chi connectivity index (χ2n) is 5.96. The van der Waals surface area contributed by atoms with Crippen molar-refractivity contribution in [2.75, 3.05) is 13.2 Å². The van der Waals surface area contributed by atoms with Crippen molar-refractivity contribution < 1.29 is 32.2 Å². The minimum atomic E-state index is -4.49. The van der Waals surface area contributed by atoms with E-state index in [1.807, 2.05) is 12.1 Å². The molecule has 1 aromatic carbocycles. The van der Waals surface area contributed by atoms with E-state index in [0.717, 1.165) is 23.2 Å². The Morgan fingerprint density at radius 3 is 2.57 bits per heavy atom. The van der Waals surface area contributed by atoms with Gasteiger partial charge in [0.05, 0.1) is 5.56 Å². The van der Waals surface area contributed by atoms with Gasteiger partial charge in [-0.1, -0.05) is 18.2 Å². The summed E-state index contributed by atoms with van der Waals surface area (Å²) < 4.78 is 45.8. The molecular weight excluding hydrogens is 377 g/mol. The molecule has 0 radical (unpaired) electrons.